The number of hydrogen-bond donors (Lipinski definition) is 1. The fraction of sp³-hybridized carbons (Fsp3) is 0.647. The zero-order valence-corrected chi connectivity index (χ0v) is 20.4. The summed E-state index contributed by atoms with van der Waals surface area (Å²) < 4.78 is 59.3. The van der Waals surface area contributed by atoms with E-state index >= 15 is 0 Å². The Balaban J connectivity index is 2.43. The predicted molar refractivity (Wildman–Crippen MR) is 121 cm³/mol. The molecule has 2 rings (SSSR count). The first kappa shape index (κ1) is 25.9. The molecule has 11 nitrogen and oxygen atoms in total. The van der Waals surface area contributed by atoms with Crippen molar-refractivity contribution >= 4 is 47.4 Å². The van der Waals surface area contributed by atoms with Gasteiger partial charge < -0.3 is 9.80 Å². The third-order valence-electron chi connectivity index (χ3n) is 5.08. The van der Waals surface area contributed by atoms with Gasteiger partial charge >= 0.3 is 0 Å². The van der Waals surface area contributed by atoms with E-state index in [1.807, 2.05) is 6.92 Å². The number of non-ortho nitro benzene ring substituents is 1. The van der Waals surface area contributed by atoms with Crippen LogP contribution in [0.25, 0.3) is 0 Å². The first-order valence-corrected chi connectivity index (χ1v) is 13.9. The number of nitro benzene ring substituents is 1. The van der Waals surface area contributed by atoms with Crippen molar-refractivity contribution in [2.45, 2.75) is 18.2 Å². The second-order valence-corrected chi connectivity index (χ2v) is 11.3. The van der Waals surface area contributed by atoms with E-state index in [9.17, 15) is 26.9 Å². The van der Waals surface area contributed by atoms with Crippen molar-refractivity contribution < 1.29 is 26.3 Å². The van der Waals surface area contributed by atoms with E-state index in [1.165, 1.54) is 16.4 Å². The molecule has 14 heteroatoms. The van der Waals surface area contributed by atoms with E-state index in [0.29, 0.717) is 25.0 Å². The summed E-state index contributed by atoms with van der Waals surface area (Å²) in [4.78, 5) is 14.2. The van der Waals surface area contributed by atoms with Crippen molar-refractivity contribution in [3.63, 3.8) is 0 Å². The lowest BCUT2D eigenvalue weighted by molar-refractivity contribution is -0.385. The molecule has 0 radical (unpaired) electrons. The van der Waals surface area contributed by atoms with Crippen LogP contribution in [0.4, 0.5) is 11.4 Å². The van der Waals surface area contributed by atoms with E-state index in [-0.39, 0.29) is 42.3 Å². The maximum absolute atomic E-state index is 13.4. The highest BCUT2D eigenvalue weighted by molar-refractivity contribution is 9.09. The fourth-order valence-corrected chi connectivity index (χ4v) is 5.98. The number of sulfonamides is 1. The fourth-order valence-electron chi connectivity index (χ4n) is 3.40. The summed E-state index contributed by atoms with van der Waals surface area (Å²) in [6.07, 6.45) is 0.0669. The molecular weight excluding hydrogens is 516 g/mol. The Morgan fingerprint density at radius 3 is 2.32 bits per heavy atom. The quantitative estimate of drug-likeness (QED) is 0.190. The minimum Gasteiger partial charge on any atom is -0.370 e. The lowest BCUT2D eigenvalue weighted by Gasteiger charge is -2.34. The van der Waals surface area contributed by atoms with Gasteiger partial charge in [-0.25, -0.2) is 8.42 Å². The molecule has 1 aromatic rings. The van der Waals surface area contributed by atoms with Crippen LogP contribution in [0, 0.1) is 10.1 Å². The second-order valence-electron chi connectivity index (χ2n) is 7.06. The third kappa shape index (κ3) is 7.08. The predicted octanol–water partition coefficient (Wildman–Crippen LogP) is 1.40. The number of rotatable bonds is 11. The number of likely N-dealkylation sites (N-methyl/N-ethyl adjacent to an activating group) is 1. The third-order valence-corrected chi connectivity index (χ3v) is 8.16. The molecule has 1 N–H and O–H groups in total. The minimum absolute atomic E-state index is 0.0669. The normalized spacial score (nSPS) is 16.4. The molecule has 1 saturated heterocycles. The zero-order valence-electron chi connectivity index (χ0n) is 17.2. The van der Waals surface area contributed by atoms with Crippen LogP contribution in [0.15, 0.2) is 23.1 Å². The average molecular weight is 543 g/mol. The number of halogens is 1. The number of hydrogen-bond acceptors (Lipinski definition) is 8. The molecule has 0 amide bonds. The summed E-state index contributed by atoms with van der Waals surface area (Å²) in [6, 6.07) is 3.66. The highest BCUT2D eigenvalue weighted by Crippen LogP contribution is 2.32. The highest BCUT2D eigenvalue weighted by atomic mass is 79.9. The van der Waals surface area contributed by atoms with Gasteiger partial charge in [0.25, 0.3) is 15.8 Å². The van der Waals surface area contributed by atoms with E-state index in [2.05, 4.69) is 20.8 Å². The molecule has 1 aliphatic heterocycles. The molecule has 0 aliphatic carbocycles. The largest absolute Gasteiger partial charge is 0.370 e. The Bertz CT molecular complexity index is 980. The van der Waals surface area contributed by atoms with Crippen LogP contribution in [0.3, 0.4) is 0 Å². The first-order valence-electron chi connectivity index (χ1n) is 9.76. The van der Waals surface area contributed by atoms with Gasteiger partial charge in [0.15, 0.2) is 0 Å². The standard InChI is InChI=1S/C17H27BrN4O7S2/c1-2-19-9-11-21(12-10-19)31(28,29)17-14-15(22(23)24)4-5-16(17)20(8-6-18)7-3-13-30(25,26)27/h4-5,14H,2-3,6-13H2,1H3,(H,25,26,27). The number of benzene rings is 1. The molecule has 1 heterocycles. The van der Waals surface area contributed by atoms with Gasteiger partial charge in [-0.05, 0) is 19.0 Å². The van der Waals surface area contributed by atoms with Crippen molar-refractivity contribution in [2.24, 2.45) is 0 Å². The molecule has 1 aliphatic rings. The van der Waals surface area contributed by atoms with Crippen molar-refractivity contribution in [2.75, 3.05) is 61.8 Å². The number of nitrogens with zero attached hydrogens (tertiary/aromatic N) is 4. The van der Waals surface area contributed by atoms with Crippen LogP contribution in [0.5, 0.6) is 0 Å². The van der Waals surface area contributed by atoms with Crippen molar-refractivity contribution in [3.8, 4) is 0 Å². The van der Waals surface area contributed by atoms with Crippen molar-refractivity contribution in [3.05, 3.63) is 28.3 Å². The Labute approximate surface area is 191 Å². The maximum atomic E-state index is 13.4. The summed E-state index contributed by atoms with van der Waals surface area (Å²) in [7, 11) is -8.18. The Morgan fingerprint density at radius 2 is 1.81 bits per heavy atom. The van der Waals surface area contributed by atoms with Gasteiger partial charge in [-0.1, -0.05) is 22.9 Å². The molecule has 1 fully saturated rings. The van der Waals surface area contributed by atoms with Gasteiger partial charge in [0.1, 0.15) is 4.90 Å². The van der Waals surface area contributed by atoms with E-state index < -0.39 is 30.8 Å². The van der Waals surface area contributed by atoms with Crippen LogP contribution in [0.1, 0.15) is 13.3 Å². The highest BCUT2D eigenvalue weighted by Gasteiger charge is 2.32. The smallest absolute Gasteiger partial charge is 0.270 e. The summed E-state index contributed by atoms with van der Waals surface area (Å²) in [5.41, 5.74) is -0.0791. The Kier molecular flexibility index (Phi) is 9.21. The molecule has 0 atom stereocenters. The Hall–Kier alpha value is -1.32. The topological polar surface area (TPSA) is 141 Å². The summed E-state index contributed by atoms with van der Waals surface area (Å²) in [5.74, 6) is -0.472. The average Bonchev–Trinajstić information content (AvgIpc) is 2.71. The summed E-state index contributed by atoms with van der Waals surface area (Å²) in [6.45, 7) is 4.99. The SMILES string of the molecule is CCN1CCN(S(=O)(=O)c2cc([N+](=O)[O-])ccc2N(CCBr)CCCS(=O)(=O)O)CC1. The molecule has 0 saturated carbocycles. The van der Waals surface area contributed by atoms with Gasteiger partial charge in [0, 0.05) is 56.7 Å². The second kappa shape index (κ2) is 11.0. The lowest BCUT2D eigenvalue weighted by atomic mass is 10.2. The molecule has 0 unspecified atom stereocenters. The number of nitro groups is 1. The molecule has 0 aromatic heterocycles. The van der Waals surface area contributed by atoms with Crippen LogP contribution < -0.4 is 4.90 Å². The molecule has 31 heavy (non-hydrogen) atoms. The van der Waals surface area contributed by atoms with Gasteiger partial charge in [-0.15, -0.1) is 0 Å². The molecular formula is C17H27BrN4O7S2. The minimum atomic E-state index is -4.16. The molecule has 176 valence electrons. The van der Waals surface area contributed by atoms with Crippen molar-refractivity contribution in [1.82, 2.24) is 9.21 Å². The van der Waals surface area contributed by atoms with Gasteiger partial charge in [0.05, 0.1) is 16.4 Å². The van der Waals surface area contributed by atoms with Crippen LogP contribution in [0.2, 0.25) is 0 Å². The van der Waals surface area contributed by atoms with E-state index in [1.54, 1.807) is 4.90 Å². The molecule has 0 spiro atoms. The molecule has 1 aromatic carbocycles. The summed E-state index contributed by atoms with van der Waals surface area (Å²) >= 11 is 3.30. The van der Waals surface area contributed by atoms with Gasteiger partial charge in [0.2, 0.25) is 10.0 Å². The monoisotopic (exact) mass is 542 g/mol. The van der Waals surface area contributed by atoms with Crippen LogP contribution in [-0.2, 0) is 20.1 Å². The maximum Gasteiger partial charge on any atom is 0.270 e. The van der Waals surface area contributed by atoms with Crippen molar-refractivity contribution in [1.29, 1.82) is 0 Å². The Morgan fingerprint density at radius 1 is 1.16 bits per heavy atom. The number of anilines is 1. The van der Waals surface area contributed by atoms with Crippen LogP contribution >= 0.6 is 15.9 Å². The lowest BCUT2D eigenvalue weighted by Crippen LogP contribution is -2.48. The van der Waals surface area contributed by atoms with E-state index in [4.69, 9.17) is 4.55 Å². The zero-order chi connectivity index (χ0) is 23.2. The molecule has 0 bridgehead atoms. The van der Waals surface area contributed by atoms with Gasteiger partial charge in [-0.2, -0.15) is 12.7 Å². The number of piperazine rings is 1. The van der Waals surface area contributed by atoms with E-state index in [0.717, 1.165) is 12.6 Å². The number of alkyl halides is 1. The van der Waals surface area contributed by atoms with Gasteiger partial charge in [-0.3, -0.25) is 14.7 Å². The summed E-state index contributed by atoms with van der Waals surface area (Å²) in [5, 5.41) is 11.8. The van der Waals surface area contributed by atoms with Crippen LogP contribution in [-0.4, -0.2) is 92.4 Å². The first-order chi connectivity index (χ1) is 14.5.